The number of ether oxygens (including phenoxy) is 4. The number of carbonyl (C=O) groups is 3. The van der Waals surface area contributed by atoms with E-state index in [1.54, 1.807) is 0 Å². The maximum Gasteiger partial charge on any atom is 0.334 e. The maximum atomic E-state index is 12.7. The van der Waals surface area contributed by atoms with E-state index in [1.807, 2.05) is 13.8 Å². The molecule has 9 heteroatoms. The predicted octanol–water partition coefficient (Wildman–Crippen LogP) is 1.50. The van der Waals surface area contributed by atoms with Crippen LogP contribution >= 0.6 is 0 Å². The summed E-state index contributed by atoms with van der Waals surface area (Å²) in [6, 6.07) is 0. The number of hydrogen-bond acceptors (Lipinski definition) is 8. The smallest absolute Gasteiger partial charge is 0.334 e. The molecule has 0 amide bonds. The number of esters is 2. The van der Waals surface area contributed by atoms with Gasteiger partial charge < -0.3 is 29.2 Å². The average Bonchev–Trinajstić information content (AvgIpc) is 3.32. The summed E-state index contributed by atoms with van der Waals surface area (Å²) in [6.07, 6.45) is 0.0767. The van der Waals surface area contributed by atoms with E-state index in [-0.39, 0.29) is 49.5 Å². The lowest BCUT2D eigenvalue weighted by Crippen LogP contribution is -2.87. The number of aliphatic hydroxyl groups is 1. The molecule has 3 saturated heterocycles. The Morgan fingerprint density at radius 1 is 1.21 bits per heavy atom. The van der Waals surface area contributed by atoms with Crippen LogP contribution in [0.3, 0.4) is 0 Å². The second-order valence-electron chi connectivity index (χ2n) is 11.2. The molecule has 0 aromatic heterocycles. The van der Waals surface area contributed by atoms with Crippen LogP contribution in [-0.2, 0) is 33.3 Å². The highest BCUT2D eigenvalue weighted by molar-refractivity contribution is 5.92. The van der Waals surface area contributed by atoms with E-state index < -0.39 is 40.3 Å². The lowest BCUT2D eigenvalue weighted by atomic mass is 9.40. The number of hydrogen-bond donors (Lipinski definition) is 2. The summed E-state index contributed by atoms with van der Waals surface area (Å²) >= 11 is 0. The standard InChI is InChI=1S/C24H30O9/c1-11(2)24-15(33-24)9-23(29)21(3)7-6-12-13(10-30-19(12)28)18(21)14-8-22(23,32-14)20(24)31-17(27)5-4-16(25)26/h11,14-15,18,20,29H,4-10H2,1-3H3,(H,25,26)/t14?,15-,18?,20-,21-,22+,23+,24-/m0/s1. The number of fused-ring (bicyclic) bond motifs is 1. The molecule has 0 aromatic rings. The molecule has 7 aliphatic rings. The quantitative estimate of drug-likeness (QED) is 0.461. The molecule has 5 fully saturated rings. The largest absolute Gasteiger partial charge is 0.481 e. The van der Waals surface area contributed by atoms with E-state index in [4.69, 9.17) is 24.1 Å². The molecule has 180 valence electrons. The fourth-order valence-electron chi connectivity index (χ4n) is 7.97. The van der Waals surface area contributed by atoms with Crippen molar-refractivity contribution in [1.29, 1.82) is 0 Å². The van der Waals surface area contributed by atoms with Gasteiger partial charge in [0, 0.05) is 29.7 Å². The highest BCUT2D eigenvalue weighted by Crippen LogP contribution is 2.75. The van der Waals surface area contributed by atoms with Crippen molar-refractivity contribution < 1.29 is 43.5 Å². The number of cyclic esters (lactones) is 1. The summed E-state index contributed by atoms with van der Waals surface area (Å²) in [5, 5.41) is 21.5. The first-order valence-electron chi connectivity index (χ1n) is 11.9. The van der Waals surface area contributed by atoms with Crippen LogP contribution in [0.5, 0.6) is 0 Å². The van der Waals surface area contributed by atoms with Crippen LogP contribution in [0.2, 0.25) is 0 Å². The number of carboxylic acids is 1. The van der Waals surface area contributed by atoms with E-state index in [0.717, 1.165) is 11.1 Å². The van der Waals surface area contributed by atoms with E-state index in [1.165, 1.54) is 0 Å². The average molecular weight is 462 g/mol. The molecule has 1 spiro atoms. The highest BCUT2D eigenvalue weighted by Gasteiger charge is 2.88. The maximum absolute atomic E-state index is 12.7. The Balaban J connectivity index is 1.40. The fraction of sp³-hybridized carbons (Fsp3) is 0.792. The SMILES string of the molecule is CC(C)[C@]12O[C@H]1C[C@@]1(O)[C@@]3(C)CCC4=C(COC4=O)C3C3C[C@@]1(O3)[C@@H]2OC(=O)CCC(=O)O. The van der Waals surface area contributed by atoms with Crippen LogP contribution in [0.1, 0.15) is 59.3 Å². The van der Waals surface area contributed by atoms with E-state index in [2.05, 4.69) is 6.92 Å². The molecule has 2 N–H and O–H groups in total. The van der Waals surface area contributed by atoms with Gasteiger partial charge in [-0.05, 0) is 24.3 Å². The topological polar surface area (TPSA) is 132 Å². The Kier molecular flexibility index (Phi) is 4.16. The molecule has 4 aliphatic heterocycles. The first-order valence-corrected chi connectivity index (χ1v) is 11.9. The lowest BCUT2D eigenvalue weighted by Gasteiger charge is -2.74. The van der Waals surface area contributed by atoms with Crippen LogP contribution < -0.4 is 0 Å². The van der Waals surface area contributed by atoms with Gasteiger partial charge in [0.1, 0.15) is 23.4 Å². The van der Waals surface area contributed by atoms with Crippen molar-refractivity contribution in [2.45, 2.75) is 94.4 Å². The third-order valence-corrected chi connectivity index (χ3v) is 9.63. The number of carbonyl (C=O) groups excluding carboxylic acids is 2. The van der Waals surface area contributed by atoms with Crippen molar-refractivity contribution in [1.82, 2.24) is 0 Å². The molecule has 9 nitrogen and oxygen atoms in total. The van der Waals surface area contributed by atoms with Crippen molar-refractivity contribution >= 4 is 17.9 Å². The minimum absolute atomic E-state index is 0.00778. The van der Waals surface area contributed by atoms with Crippen molar-refractivity contribution in [2.75, 3.05) is 6.61 Å². The van der Waals surface area contributed by atoms with Crippen LogP contribution in [0.15, 0.2) is 11.1 Å². The summed E-state index contributed by atoms with van der Waals surface area (Å²) in [5.74, 6) is -2.11. The monoisotopic (exact) mass is 462 g/mol. The Bertz CT molecular complexity index is 994. The molecule has 8 atom stereocenters. The second kappa shape index (κ2) is 6.37. The molecule has 0 radical (unpaired) electrons. The van der Waals surface area contributed by atoms with Gasteiger partial charge in [0.25, 0.3) is 0 Å². The van der Waals surface area contributed by atoms with Crippen molar-refractivity contribution in [3.63, 3.8) is 0 Å². The molecule has 4 heterocycles. The molecule has 2 bridgehead atoms. The first-order chi connectivity index (χ1) is 15.5. The summed E-state index contributed by atoms with van der Waals surface area (Å²) in [7, 11) is 0. The molecule has 0 aromatic carbocycles. The zero-order chi connectivity index (χ0) is 23.6. The zero-order valence-electron chi connectivity index (χ0n) is 19.1. The Morgan fingerprint density at radius 3 is 2.61 bits per heavy atom. The van der Waals surface area contributed by atoms with Gasteiger partial charge in [0.05, 0.1) is 25.0 Å². The van der Waals surface area contributed by atoms with Crippen molar-refractivity contribution in [3.8, 4) is 0 Å². The van der Waals surface area contributed by atoms with Gasteiger partial charge in [-0.1, -0.05) is 20.8 Å². The molecule has 2 saturated carbocycles. The van der Waals surface area contributed by atoms with Gasteiger partial charge in [-0.3, -0.25) is 9.59 Å². The molecule has 7 rings (SSSR count). The van der Waals surface area contributed by atoms with E-state index >= 15 is 0 Å². The normalized spacial score (nSPS) is 48.7. The Labute approximate surface area is 191 Å². The fourth-order valence-corrected chi connectivity index (χ4v) is 7.97. The van der Waals surface area contributed by atoms with Gasteiger partial charge in [-0.25, -0.2) is 4.79 Å². The van der Waals surface area contributed by atoms with E-state index in [9.17, 15) is 19.5 Å². The van der Waals surface area contributed by atoms with Crippen molar-refractivity contribution in [2.24, 2.45) is 17.3 Å². The number of rotatable bonds is 5. The van der Waals surface area contributed by atoms with Crippen LogP contribution in [0.4, 0.5) is 0 Å². The molecule has 2 unspecified atom stereocenters. The lowest BCUT2D eigenvalue weighted by molar-refractivity contribution is -0.419. The molecule has 33 heavy (non-hydrogen) atoms. The second-order valence-corrected chi connectivity index (χ2v) is 11.2. The highest BCUT2D eigenvalue weighted by atomic mass is 16.7. The minimum Gasteiger partial charge on any atom is -0.481 e. The molecule has 3 aliphatic carbocycles. The van der Waals surface area contributed by atoms with Gasteiger partial charge in [0.2, 0.25) is 0 Å². The third-order valence-electron chi connectivity index (χ3n) is 9.63. The first kappa shape index (κ1) is 21.6. The minimum atomic E-state index is -1.33. The summed E-state index contributed by atoms with van der Waals surface area (Å²) in [6.45, 7) is 6.30. The zero-order valence-corrected chi connectivity index (χ0v) is 19.1. The summed E-state index contributed by atoms with van der Waals surface area (Å²) < 4.78 is 24.0. The predicted molar refractivity (Wildman–Crippen MR) is 110 cm³/mol. The van der Waals surface area contributed by atoms with E-state index in [0.29, 0.717) is 25.7 Å². The Morgan fingerprint density at radius 2 is 1.94 bits per heavy atom. The third kappa shape index (κ3) is 2.36. The van der Waals surface area contributed by atoms with Gasteiger partial charge in [0.15, 0.2) is 6.10 Å². The summed E-state index contributed by atoms with van der Waals surface area (Å²) in [4.78, 5) is 35.9. The molecular formula is C24H30O9. The van der Waals surface area contributed by atoms with Crippen LogP contribution in [0, 0.1) is 17.3 Å². The number of epoxide rings is 1. The Hall–Kier alpha value is -1.97. The van der Waals surface area contributed by atoms with Crippen molar-refractivity contribution in [3.05, 3.63) is 11.1 Å². The van der Waals surface area contributed by atoms with Gasteiger partial charge in [-0.15, -0.1) is 0 Å². The van der Waals surface area contributed by atoms with Crippen LogP contribution in [0.25, 0.3) is 0 Å². The van der Waals surface area contributed by atoms with Gasteiger partial charge >= 0.3 is 17.9 Å². The van der Waals surface area contributed by atoms with Crippen LogP contribution in [-0.4, -0.2) is 69.8 Å². The van der Waals surface area contributed by atoms with Gasteiger partial charge in [-0.2, -0.15) is 0 Å². The number of carboxylic acid groups (broad SMARTS) is 1. The number of aliphatic carboxylic acids is 1. The molecular weight excluding hydrogens is 432 g/mol. The summed E-state index contributed by atoms with van der Waals surface area (Å²) in [5.41, 5.74) is -2.16.